The summed E-state index contributed by atoms with van der Waals surface area (Å²) in [6.07, 6.45) is 7.62. The first-order valence-corrected chi connectivity index (χ1v) is 14.0. The van der Waals surface area contributed by atoms with E-state index in [1.165, 1.54) is 0 Å². The van der Waals surface area contributed by atoms with Gasteiger partial charge in [0, 0.05) is 43.2 Å². The number of hydrogen-bond donors (Lipinski definition) is 2. The summed E-state index contributed by atoms with van der Waals surface area (Å²) in [6, 6.07) is 6.78. The zero-order valence-electron chi connectivity index (χ0n) is 23.4. The fraction of sp³-hybridized carbons (Fsp3) is 0.467. The summed E-state index contributed by atoms with van der Waals surface area (Å²) < 4.78 is 16.8. The first-order valence-electron chi connectivity index (χ1n) is 14.0. The minimum Gasteiger partial charge on any atom is -0.481 e. The first-order chi connectivity index (χ1) is 19.9. The van der Waals surface area contributed by atoms with Gasteiger partial charge in [-0.1, -0.05) is 13.3 Å². The summed E-state index contributed by atoms with van der Waals surface area (Å²) in [7, 11) is 0. The zero-order chi connectivity index (χ0) is 28.9. The van der Waals surface area contributed by atoms with Gasteiger partial charge in [0.15, 0.2) is 17.4 Å². The molecule has 218 valence electrons. The molecule has 2 aromatic heterocycles. The third-order valence-corrected chi connectivity index (χ3v) is 7.86. The minimum absolute atomic E-state index is 0.0412. The average molecular weight is 565 g/mol. The highest BCUT2D eigenvalue weighted by Gasteiger charge is 2.47. The van der Waals surface area contributed by atoms with Crippen LogP contribution in [0.5, 0.6) is 11.5 Å². The second-order valence-electron chi connectivity index (χ2n) is 10.6. The van der Waals surface area contributed by atoms with Gasteiger partial charge in [-0.05, 0) is 49.6 Å². The van der Waals surface area contributed by atoms with Crippen LogP contribution in [0.4, 0.5) is 5.69 Å². The maximum absolute atomic E-state index is 13.8. The molecule has 1 amide bonds. The molecule has 1 fully saturated rings. The number of anilines is 1. The molecule has 2 aliphatic rings. The van der Waals surface area contributed by atoms with Crippen LogP contribution in [-0.4, -0.2) is 69.4 Å². The van der Waals surface area contributed by atoms with E-state index in [1.807, 2.05) is 17.9 Å². The average Bonchev–Trinajstić information content (AvgIpc) is 3.70. The standard InChI is InChI=1S/C30H36N4O7/c1-3-4-10-34(22-6-5-9-31-14-22)27(36)16-33-15-23(20-11-21(17-35)29-25(12-20)39-18-40-29)28(30(37)38)24(33)7-8-26-32-13-19(2)41-26/h5-6,9,11-14,23-24,28,35H,3-4,7-8,10,15-18H2,1-2H3,(H,37,38)/t23-,24+,28-/m1/s1. The van der Waals surface area contributed by atoms with E-state index < -0.39 is 23.8 Å². The molecule has 2 aliphatic heterocycles. The number of carboxylic acids is 1. The molecule has 1 aromatic carbocycles. The predicted octanol–water partition coefficient (Wildman–Crippen LogP) is 3.53. The number of ether oxygens (including phenoxy) is 2. The van der Waals surface area contributed by atoms with E-state index in [1.54, 1.807) is 41.7 Å². The fourth-order valence-corrected chi connectivity index (χ4v) is 5.90. The van der Waals surface area contributed by atoms with Crippen molar-refractivity contribution in [2.45, 2.75) is 58.1 Å². The highest BCUT2D eigenvalue weighted by molar-refractivity contribution is 5.94. The number of rotatable bonds is 12. The lowest BCUT2D eigenvalue weighted by Gasteiger charge is -2.29. The van der Waals surface area contributed by atoms with Crippen molar-refractivity contribution in [2.75, 3.05) is 31.3 Å². The van der Waals surface area contributed by atoms with E-state index >= 15 is 0 Å². The molecule has 0 saturated carbocycles. The summed E-state index contributed by atoms with van der Waals surface area (Å²) in [5.74, 6) is -0.136. The molecule has 0 radical (unpaired) electrons. The van der Waals surface area contributed by atoms with Crippen LogP contribution in [0.1, 0.15) is 54.9 Å². The number of aryl methyl sites for hydroxylation is 2. The predicted molar refractivity (Wildman–Crippen MR) is 149 cm³/mol. The van der Waals surface area contributed by atoms with Crippen LogP contribution in [0.15, 0.2) is 47.3 Å². The summed E-state index contributed by atoms with van der Waals surface area (Å²) in [5, 5.41) is 20.5. The Kier molecular flexibility index (Phi) is 8.84. The maximum Gasteiger partial charge on any atom is 0.308 e. The number of benzene rings is 1. The van der Waals surface area contributed by atoms with Gasteiger partial charge in [0.25, 0.3) is 0 Å². The number of amides is 1. The van der Waals surface area contributed by atoms with Gasteiger partial charge >= 0.3 is 5.97 Å². The molecular formula is C30H36N4O7. The number of carbonyl (C=O) groups is 2. The maximum atomic E-state index is 13.8. The molecule has 5 rings (SSSR count). The van der Waals surface area contributed by atoms with Crippen LogP contribution in [0.25, 0.3) is 0 Å². The molecule has 0 aliphatic carbocycles. The molecule has 3 aromatic rings. The number of aliphatic hydroxyl groups excluding tert-OH is 1. The molecule has 0 spiro atoms. The van der Waals surface area contributed by atoms with Gasteiger partial charge in [0.1, 0.15) is 5.76 Å². The lowest BCUT2D eigenvalue weighted by atomic mass is 9.83. The van der Waals surface area contributed by atoms with Gasteiger partial charge in [-0.3, -0.25) is 19.5 Å². The second kappa shape index (κ2) is 12.7. The van der Waals surface area contributed by atoms with Crippen molar-refractivity contribution in [3.63, 3.8) is 0 Å². The molecule has 41 heavy (non-hydrogen) atoms. The van der Waals surface area contributed by atoms with Crippen LogP contribution >= 0.6 is 0 Å². The molecule has 3 atom stereocenters. The number of aliphatic hydroxyl groups is 1. The van der Waals surface area contributed by atoms with Gasteiger partial charge in [-0.15, -0.1) is 0 Å². The number of hydrogen-bond acceptors (Lipinski definition) is 9. The summed E-state index contributed by atoms with van der Waals surface area (Å²) >= 11 is 0. The highest BCUT2D eigenvalue weighted by atomic mass is 16.7. The van der Waals surface area contributed by atoms with Crippen molar-refractivity contribution >= 4 is 17.6 Å². The normalized spacial score (nSPS) is 19.9. The van der Waals surface area contributed by atoms with E-state index in [9.17, 15) is 19.8 Å². The number of nitrogens with zero attached hydrogens (tertiary/aromatic N) is 4. The SMILES string of the molecule is CCCCN(C(=O)CN1C[C@H](c2cc(CO)c3c(c2)OCO3)[C@@H](C(=O)O)[C@@H]1CCc1ncc(C)o1)c1cccnc1. The molecule has 0 unspecified atom stereocenters. The quantitative estimate of drug-likeness (QED) is 0.336. The second-order valence-corrected chi connectivity index (χ2v) is 10.6. The molecule has 2 N–H and O–H groups in total. The number of oxazole rings is 1. The molecule has 4 heterocycles. The van der Waals surface area contributed by atoms with Crippen molar-refractivity contribution in [1.82, 2.24) is 14.9 Å². The van der Waals surface area contributed by atoms with Crippen molar-refractivity contribution < 1.29 is 33.7 Å². The van der Waals surface area contributed by atoms with Gasteiger partial charge in [-0.25, -0.2) is 4.98 Å². The van der Waals surface area contributed by atoms with Gasteiger partial charge in [-0.2, -0.15) is 0 Å². The first kappa shape index (κ1) is 28.6. The van der Waals surface area contributed by atoms with Gasteiger partial charge < -0.3 is 29.0 Å². The third-order valence-electron chi connectivity index (χ3n) is 7.86. The molecule has 1 saturated heterocycles. The molecule has 11 heteroatoms. The Labute approximate surface area is 238 Å². The zero-order valence-corrected chi connectivity index (χ0v) is 23.4. The van der Waals surface area contributed by atoms with Gasteiger partial charge in [0.05, 0.1) is 37.2 Å². The third kappa shape index (κ3) is 6.20. The molecule has 11 nitrogen and oxygen atoms in total. The van der Waals surface area contributed by atoms with Gasteiger partial charge in [0.2, 0.25) is 12.7 Å². The van der Waals surface area contributed by atoms with Crippen molar-refractivity contribution in [2.24, 2.45) is 5.92 Å². The van der Waals surface area contributed by atoms with Crippen molar-refractivity contribution in [1.29, 1.82) is 0 Å². The lowest BCUT2D eigenvalue weighted by Crippen LogP contribution is -2.44. The Morgan fingerprint density at radius 1 is 1.22 bits per heavy atom. The van der Waals surface area contributed by atoms with Crippen LogP contribution in [0.2, 0.25) is 0 Å². The number of aliphatic carboxylic acids is 1. The van der Waals surface area contributed by atoms with Crippen LogP contribution in [0, 0.1) is 12.8 Å². The summed E-state index contributed by atoms with van der Waals surface area (Å²) in [5.41, 5.74) is 1.99. The fourth-order valence-electron chi connectivity index (χ4n) is 5.90. The monoisotopic (exact) mass is 564 g/mol. The Morgan fingerprint density at radius 3 is 2.76 bits per heavy atom. The number of carboxylic acid groups (broad SMARTS) is 1. The van der Waals surface area contributed by atoms with E-state index in [0.29, 0.717) is 60.3 Å². The van der Waals surface area contributed by atoms with Crippen LogP contribution in [-0.2, 0) is 22.6 Å². The van der Waals surface area contributed by atoms with Crippen LogP contribution in [0.3, 0.4) is 0 Å². The minimum atomic E-state index is -0.947. The van der Waals surface area contributed by atoms with E-state index in [0.717, 1.165) is 18.4 Å². The summed E-state index contributed by atoms with van der Waals surface area (Å²) in [4.78, 5) is 38.9. The topological polar surface area (TPSA) is 138 Å². The number of carbonyl (C=O) groups excluding carboxylic acids is 1. The van der Waals surface area contributed by atoms with E-state index in [4.69, 9.17) is 13.9 Å². The van der Waals surface area contributed by atoms with Crippen molar-refractivity contribution in [3.8, 4) is 11.5 Å². The largest absolute Gasteiger partial charge is 0.481 e. The van der Waals surface area contributed by atoms with E-state index in [2.05, 4.69) is 16.9 Å². The Bertz CT molecular complexity index is 1360. The van der Waals surface area contributed by atoms with E-state index in [-0.39, 0.29) is 25.9 Å². The highest BCUT2D eigenvalue weighted by Crippen LogP contribution is 2.44. The Hall–Kier alpha value is -3.96. The molecule has 0 bridgehead atoms. The number of unbranched alkanes of at least 4 members (excludes halogenated alkanes) is 1. The van der Waals surface area contributed by atoms with Crippen molar-refractivity contribution in [3.05, 3.63) is 65.6 Å². The Morgan fingerprint density at radius 2 is 2.07 bits per heavy atom. The number of likely N-dealkylation sites (tertiary alicyclic amines) is 1. The Balaban J connectivity index is 1.46. The number of aromatic nitrogens is 2. The number of pyridine rings is 1. The number of fused-ring (bicyclic) bond motifs is 1. The smallest absolute Gasteiger partial charge is 0.308 e. The summed E-state index contributed by atoms with van der Waals surface area (Å²) in [6.45, 7) is 4.59. The lowest BCUT2D eigenvalue weighted by molar-refractivity contribution is -0.143. The van der Waals surface area contributed by atoms with Crippen LogP contribution < -0.4 is 14.4 Å². The molecular weight excluding hydrogens is 528 g/mol.